The Morgan fingerprint density at radius 1 is 1.44 bits per heavy atom. The fourth-order valence-corrected chi connectivity index (χ4v) is 1.90. The van der Waals surface area contributed by atoms with Crippen molar-refractivity contribution in [3.8, 4) is 0 Å². The van der Waals surface area contributed by atoms with Gasteiger partial charge in [-0.25, -0.2) is 9.97 Å². The quantitative estimate of drug-likeness (QED) is 0.806. The van der Waals surface area contributed by atoms with Crippen LogP contribution in [0, 0.1) is 6.92 Å². The molecule has 1 aromatic heterocycles. The molecule has 16 heavy (non-hydrogen) atoms. The van der Waals surface area contributed by atoms with E-state index in [2.05, 4.69) is 20.6 Å². The molecule has 0 bridgehead atoms. The monoisotopic (exact) mass is 222 g/mol. The van der Waals surface area contributed by atoms with Crippen LogP contribution in [0.4, 0.5) is 11.6 Å². The van der Waals surface area contributed by atoms with Gasteiger partial charge >= 0.3 is 0 Å². The topological polar surface area (TPSA) is 59.1 Å². The summed E-state index contributed by atoms with van der Waals surface area (Å²) < 4.78 is 5.55. The van der Waals surface area contributed by atoms with E-state index in [-0.39, 0.29) is 0 Å². The third kappa shape index (κ3) is 2.41. The van der Waals surface area contributed by atoms with Crippen LogP contribution in [-0.2, 0) is 4.74 Å². The molecule has 88 valence electrons. The molecule has 1 aliphatic rings. The smallest absolute Gasteiger partial charge is 0.134 e. The van der Waals surface area contributed by atoms with Gasteiger partial charge in [-0.05, 0) is 19.8 Å². The van der Waals surface area contributed by atoms with E-state index in [0.717, 1.165) is 43.2 Å². The fraction of sp³-hybridized carbons (Fsp3) is 0.636. The second-order valence-corrected chi connectivity index (χ2v) is 3.96. The van der Waals surface area contributed by atoms with Crippen LogP contribution in [0.15, 0.2) is 6.33 Å². The minimum absolute atomic E-state index is 0.326. The van der Waals surface area contributed by atoms with E-state index < -0.39 is 0 Å². The first-order valence-electron chi connectivity index (χ1n) is 5.66. The molecule has 1 saturated heterocycles. The molecular weight excluding hydrogens is 204 g/mol. The van der Waals surface area contributed by atoms with Crippen LogP contribution < -0.4 is 10.6 Å². The number of anilines is 2. The van der Waals surface area contributed by atoms with Gasteiger partial charge in [-0.1, -0.05) is 0 Å². The molecule has 0 amide bonds. The van der Waals surface area contributed by atoms with Crippen molar-refractivity contribution in [3.63, 3.8) is 0 Å². The number of aromatic nitrogens is 2. The highest BCUT2D eigenvalue weighted by Gasteiger charge is 2.15. The molecule has 2 N–H and O–H groups in total. The summed E-state index contributed by atoms with van der Waals surface area (Å²) in [7, 11) is 1.86. The van der Waals surface area contributed by atoms with Gasteiger partial charge in [0.15, 0.2) is 0 Å². The fourth-order valence-electron chi connectivity index (χ4n) is 1.90. The highest BCUT2D eigenvalue weighted by atomic mass is 16.5. The van der Waals surface area contributed by atoms with E-state index >= 15 is 0 Å². The first-order valence-corrected chi connectivity index (χ1v) is 5.66. The summed E-state index contributed by atoms with van der Waals surface area (Å²) in [6.07, 6.45) is 4.19. The third-order valence-electron chi connectivity index (χ3n) is 2.84. The van der Waals surface area contributed by atoms with Crippen molar-refractivity contribution in [3.05, 3.63) is 11.9 Å². The van der Waals surface area contributed by atoms with E-state index in [1.807, 2.05) is 14.0 Å². The maximum Gasteiger partial charge on any atom is 0.134 e. The Kier molecular flexibility index (Phi) is 3.56. The minimum atomic E-state index is 0.326. The van der Waals surface area contributed by atoms with Gasteiger partial charge in [0.05, 0.1) is 6.10 Å². The van der Waals surface area contributed by atoms with Crippen LogP contribution in [0.5, 0.6) is 0 Å². The molecule has 2 rings (SSSR count). The zero-order chi connectivity index (χ0) is 11.4. The van der Waals surface area contributed by atoms with Gasteiger partial charge in [0.1, 0.15) is 18.0 Å². The first kappa shape index (κ1) is 11.1. The Labute approximate surface area is 95.6 Å². The third-order valence-corrected chi connectivity index (χ3v) is 2.84. The summed E-state index contributed by atoms with van der Waals surface area (Å²) >= 11 is 0. The van der Waals surface area contributed by atoms with Gasteiger partial charge in [0, 0.05) is 25.8 Å². The molecule has 5 nitrogen and oxygen atoms in total. The molecule has 5 heteroatoms. The largest absolute Gasteiger partial charge is 0.376 e. The summed E-state index contributed by atoms with van der Waals surface area (Å²) in [5.74, 6) is 1.75. The molecule has 1 atom stereocenters. The van der Waals surface area contributed by atoms with Gasteiger partial charge in [0.2, 0.25) is 0 Å². The Morgan fingerprint density at radius 3 is 2.94 bits per heavy atom. The molecule has 0 aliphatic carbocycles. The average molecular weight is 222 g/mol. The summed E-state index contributed by atoms with van der Waals surface area (Å²) in [5, 5.41) is 6.35. The number of nitrogens with zero attached hydrogens (tertiary/aromatic N) is 2. The van der Waals surface area contributed by atoms with Crippen molar-refractivity contribution in [2.45, 2.75) is 25.9 Å². The molecule has 0 aromatic carbocycles. The van der Waals surface area contributed by atoms with Gasteiger partial charge < -0.3 is 15.4 Å². The van der Waals surface area contributed by atoms with Gasteiger partial charge in [-0.2, -0.15) is 0 Å². The standard InChI is InChI=1S/C11H18N4O/c1-8-10(12-2)14-7-15-11(8)13-6-9-4-3-5-16-9/h7,9H,3-6H2,1-2H3,(H2,12,13,14,15). The van der Waals surface area contributed by atoms with Crippen molar-refractivity contribution in [2.24, 2.45) is 0 Å². The second-order valence-electron chi connectivity index (χ2n) is 3.96. The molecule has 2 heterocycles. The molecule has 1 unspecified atom stereocenters. The number of hydrogen-bond donors (Lipinski definition) is 2. The number of hydrogen-bond acceptors (Lipinski definition) is 5. The Hall–Kier alpha value is -1.36. The number of ether oxygens (including phenoxy) is 1. The predicted molar refractivity (Wildman–Crippen MR) is 63.8 cm³/mol. The van der Waals surface area contributed by atoms with Crippen molar-refractivity contribution >= 4 is 11.6 Å². The molecular formula is C11H18N4O. The molecule has 1 aromatic rings. The Bertz CT molecular complexity index is 350. The summed E-state index contributed by atoms with van der Waals surface area (Å²) in [4.78, 5) is 8.37. The van der Waals surface area contributed by atoms with E-state index in [1.54, 1.807) is 6.33 Å². The minimum Gasteiger partial charge on any atom is -0.376 e. The van der Waals surface area contributed by atoms with Crippen molar-refractivity contribution in [1.29, 1.82) is 0 Å². The summed E-state index contributed by atoms with van der Waals surface area (Å²) in [5.41, 5.74) is 1.04. The summed E-state index contributed by atoms with van der Waals surface area (Å²) in [6, 6.07) is 0. The van der Waals surface area contributed by atoms with Crippen LogP contribution in [0.1, 0.15) is 18.4 Å². The van der Waals surface area contributed by atoms with E-state index in [9.17, 15) is 0 Å². The van der Waals surface area contributed by atoms with Gasteiger partial charge in [-0.3, -0.25) is 0 Å². The lowest BCUT2D eigenvalue weighted by Gasteiger charge is -2.14. The van der Waals surface area contributed by atoms with E-state index in [4.69, 9.17) is 4.74 Å². The van der Waals surface area contributed by atoms with Gasteiger partial charge in [-0.15, -0.1) is 0 Å². The normalized spacial score (nSPS) is 19.8. The van der Waals surface area contributed by atoms with Crippen LogP contribution in [0.3, 0.4) is 0 Å². The average Bonchev–Trinajstić information content (AvgIpc) is 2.81. The molecule has 1 fully saturated rings. The first-order chi connectivity index (χ1) is 7.81. The number of rotatable bonds is 4. The highest BCUT2D eigenvalue weighted by Crippen LogP contribution is 2.18. The highest BCUT2D eigenvalue weighted by molar-refractivity contribution is 5.56. The lowest BCUT2D eigenvalue weighted by molar-refractivity contribution is 0.120. The zero-order valence-electron chi connectivity index (χ0n) is 9.79. The zero-order valence-corrected chi connectivity index (χ0v) is 9.79. The molecule has 0 spiro atoms. The lowest BCUT2D eigenvalue weighted by Crippen LogP contribution is -2.19. The predicted octanol–water partition coefficient (Wildman–Crippen LogP) is 1.42. The SMILES string of the molecule is CNc1ncnc(NCC2CCCO2)c1C. The van der Waals surface area contributed by atoms with E-state index in [1.165, 1.54) is 0 Å². The van der Waals surface area contributed by atoms with Crippen LogP contribution in [0.25, 0.3) is 0 Å². The van der Waals surface area contributed by atoms with Crippen LogP contribution >= 0.6 is 0 Å². The lowest BCUT2D eigenvalue weighted by atomic mass is 10.2. The van der Waals surface area contributed by atoms with Crippen molar-refractivity contribution < 1.29 is 4.74 Å². The maximum atomic E-state index is 5.55. The Balaban J connectivity index is 1.97. The van der Waals surface area contributed by atoms with Gasteiger partial charge in [0.25, 0.3) is 0 Å². The van der Waals surface area contributed by atoms with Crippen LogP contribution in [0.2, 0.25) is 0 Å². The Morgan fingerprint density at radius 2 is 2.25 bits per heavy atom. The number of nitrogens with one attached hydrogen (secondary N) is 2. The molecule has 1 aliphatic heterocycles. The molecule has 0 radical (unpaired) electrons. The second kappa shape index (κ2) is 5.12. The van der Waals surface area contributed by atoms with Crippen LogP contribution in [-0.4, -0.2) is 36.3 Å². The maximum absolute atomic E-state index is 5.55. The van der Waals surface area contributed by atoms with Crippen molar-refractivity contribution in [1.82, 2.24) is 9.97 Å². The van der Waals surface area contributed by atoms with E-state index in [0.29, 0.717) is 6.10 Å². The van der Waals surface area contributed by atoms with Crippen molar-refractivity contribution in [2.75, 3.05) is 30.8 Å². The summed E-state index contributed by atoms with van der Waals surface area (Å²) in [6.45, 7) is 3.71. The molecule has 0 saturated carbocycles.